The molecule has 106 valence electrons. The van der Waals surface area contributed by atoms with Crippen molar-refractivity contribution >= 4 is 17.8 Å². The molecule has 0 atom stereocenters. The van der Waals surface area contributed by atoms with E-state index >= 15 is 0 Å². The number of pyridine rings is 1. The average Bonchev–Trinajstić information content (AvgIpc) is 3.11. The number of aromatic nitrogens is 2. The molecule has 0 aliphatic carbocycles. The second-order valence-corrected chi connectivity index (χ2v) is 5.34. The zero-order chi connectivity index (χ0) is 13.9. The predicted molar refractivity (Wildman–Crippen MR) is 79.5 cm³/mol. The number of carbonyl (C=O) groups excluding carboxylic acids is 1. The van der Waals surface area contributed by atoms with Crippen LogP contribution in [0, 0.1) is 0 Å². The highest BCUT2D eigenvalue weighted by Gasteiger charge is 2.17. The van der Waals surface area contributed by atoms with Gasteiger partial charge in [0.25, 0.3) is 0 Å². The van der Waals surface area contributed by atoms with Crippen LogP contribution in [0.5, 0.6) is 0 Å². The molecule has 0 N–H and O–H groups in total. The average molecular weight is 272 g/mol. The first-order chi connectivity index (χ1) is 9.79. The summed E-state index contributed by atoms with van der Waals surface area (Å²) in [5.74, 6) is 0.769. The molecule has 5 heteroatoms. The maximum absolute atomic E-state index is 11.4. The summed E-state index contributed by atoms with van der Waals surface area (Å²) in [4.78, 5) is 20.5. The highest BCUT2D eigenvalue weighted by molar-refractivity contribution is 5.83. The third kappa shape index (κ3) is 2.41. The molecule has 0 unspecified atom stereocenters. The highest BCUT2D eigenvalue weighted by atomic mass is 16.1. The molecule has 1 fully saturated rings. The van der Waals surface area contributed by atoms with Crippen molar-refractivity contribution in [3.63, 3.8) is 0 Å². The van der Waals surface area contributed by atoms with Gasteiger partial charge < -0.3 is 9.80 Å². The van der Waals surface area contributed by atoms with Crippen molar-refractivity contribution in [2.24, 2.45) is 0 Å². The van der Waals surface area contributed by atoms with Crippen molar-refractivity contribution in [1.82, 2.24) is 14.3 Å². The third-order valence-electron chi connectivity index (χ3n) is 3.97. The van der Waals surface area contributed by atoms with E-state index in [0.717, 1.165) is 30.8 Å². The maximum atomic E-state index is 11.4. The summed E-state index contributed by atoms with van der Waals surface area (Å²) in [7, 11) is 2.00. The second-order valence-electron chi connectivity index (χ2n) is 5.34. The van der Waals surface area contributed by atoms with Gasteiger partial charge in [0.2, 0.25) is 0 Å². The molecule has 1 saturated heterocycles. The van der Waals surface area contributed by atoms with Crippen LogP contribution >= 0.6 is 0 Å². The van der Waals surface area contributed by atoms with Crippen LogP contribution in [0.1, 0.15) is 23.3 Å². The number of rotatable bonds is 5. The lowest BCUT2D eigenvalue weighted by Gasteiger charge is -2.21. The quantitative estimate of drug-likeness (QED) is 0.777. The molecule has 0 radical (unpaired) electrons. The van der Waals surface area contributed by atoms with E-state index in [1.807, 2.05) is 35.8 Å². The van der Waals surface area contributed by atoms with Crippen molar-refractivity contribution in [2.75, 3.05) is 38.1 Å². The molecule has 0 bridgehead atoms. The minimum atomic E-state index is 0.629. The van der Waals surface area contributed by atoms with Crippen LogP contribution in [-0.2, 0) is 0 Å². The lowest BCUT2D eigenvalue weighted by molar-refractivity contribution is 0.111. The fraction of sp³-hybridized carbons (Fsp3) is 0.467. The standard InChI is InChI=1S/C15H20N4O/c1-17(10-11-18-7-4-5-8-18)15-13(12-20)19-9-3-2-6-14(19)16-15/h2-3,6,9,12H,4-5,7-8,10-11H2,1H3. The monoisotopic (exact) mass is 272 g/mol. The van der Waals surface area contributed by atoms with E-state index < -0.39 is 0 Å². The number of nitrogens with zero attached hydrogens (tertiary/aromatic N) is 4. The minimum Gasteiger partial charge on any atom is -0.356 e. The fourth-order valence-corrected chi connectivity index (χ4v) is 2.80. The molecule has 0 aromatic carbocycles. The molecule has 3 rings (SSSR count). The molecular formula is C15H20N4O. The van der Waals surface area contributed by atoms with E-state index in [-0.39, 0.29) is 0 Å². The Balaban J connectivity index is 1.79. The van der Waals surface area contributed by atoms with Crippen LogP contribution in [0.2, 0.25) is 0 Å². The Morgan fingerprint density at radius 1 is 1.35 bits per heavy atom. The summed E-state index contributed by atoms with van der Waals surface area (Å²) in [6.07, 6.45) is 5.38. The summed E-state index contributed by atoms with van der Waals surface area (Å²) >= 11 is 0. The minimum absolute atomic E-state index is 0.629. The summed E-state index contributed by atoms with van der Waals surface area (Å²) in [5, 5.41) is 0. The van der Waals surface area contributed by atoms with Gasteiger partial charge in [-0.15, -0.1) is 0 Å². The van der Waals surface area contributed by atoms with E-state index in [4.69, 9.17) is 0 Å². The fourth-order valence-electron chi connectivity index (χ4n) is 2.80. The van der Waals surface area contributed by atoms with E-state index in [9.17, 15) is 4.79 Å². The van der Waals surface area contributed by atoms with Gasteiger partial charge >= 0.3 is 0 Å². The van der Waals surface area contributed by atoms with Crippen LogP contribution in [0.4, 0.5) is 5.82 Å². The number of hydrogen-bond donors (Lipinski definition) is 0. The normalized spacial score (nSPS) is 15.8. The summed E-state index contributed by atoms with van der Waals surface area (Å²) in [6.45, 7) is 4.31. The van der Waals surface area contributed by atoms with Crippen LogP contribution in [-0.4, -0.2) is 53.8 Å². The maximum Gasteiger partial charge on any atom is 0.170 e. The third-order valence-corrected chi connectivity index (χ3v) is 3.97. The van der Waals surface area contributed by atoms with E-state index in [2.05, 4.69) is 14.8 Å². The first kappa shape index (κ1) is 13.1. The lowest BCUT2D eigenvalue weighted by atomic mass is 10.4. The predicted octanol–water partition coefficient (Wildman–Crippen LogP) is 1.68. The van der Waals surface area contributed by atoms with Crippen LogP contribution in [0.3, 0.4) is 0 Å². The molecule has 3 heterocycles. The van der Waals surface area contributed by atoms with Crippen molar-refractivity contribution in [2.45, 2.75) is 12.8 Å². The molecule has 0 saturated carbocycles. The van der Waals surface area contributed by atoms with Gasteiger partial charge in [-0.1, -0.05) is 6.07 Å². The Kier molecular flexibility index (Phi) is 3.69. The highest BCUT2D eigenvalue weighted by Crippen LogP contribution is 2.19. The molecular weight excluding hydrogens is 252 g/mol. The molecule has 20 heavy (non-hydrogen) atoms. The van der Waals surface area contributed by atoms with Gasteiger partial charge in [0.05, 0.1) is 0 Å². The van der Waals surface area contributed by atoms with Crippen LogP contribution < -0.4 is 4.90 Å². The topological polar surface area (TPSA) is 40.9 Å². The molecule has 1 aliphatic heterocycles. The Hall–Kier alpha value is -1.88. The number of fused-ring (bicyclic) bond motifs is 1. The van der Waals surface area contributed by atoms with E-state index in [1.165, 1.54) is 25.9 Å². The molecule has 5 nitrogen and oxygen atoms in total. The molecule has 2 aromatic rings. The smallest absolute Gasteiger partial charge is 0.170 e. The van der Waals surface area contributed by atoms with Gasteiger partial charge in [0.15, 0.2) is 12.1 Å². The van der Waals surface area contributed by atoms with Crippen molar-refractivity contribution < 1.29 is 4.79 Å². The number of aldehydes is 1. The van der Waals surface area contributed by atoms with Gasteiger partial charge in [-0.3, -0.25) is 9.20 Å². The molecule has 1 aliphatic rings. The number of imidazole rings is 1. The van der Waals surface area contributed by atoms with Gasteiger partial charge in [-0.25, -0.2) is 4.98 Å². The summed E-state index contributed by atoms with van der Waals surface area (Å²) in [5.41, 5.74) is 1.45. The molecule has 0 amide bonds. The van der Waals surface area contributed by atoms with Gasteiger partial charge in [-0.05, 0) is 38.1 Å². The van der Waals surface area contributed by atoms with Gasteiger partial charge in [0.1, 0.15) is 11.3 Å². The number of anilines is 1. The first-order valence-corrected chi connectivity index (χ1v) is 7.15. The second kappa shape index (κ2) is 5.63. The number of likely N-dealkylation sites (N-methyl/N-ethyl adjacent to an activating group) is 1. The largest absolute Gasteiger partial charge is 0.356 e. The Bertz CT molecular complexity index is 601. The van der Waals surface area contributed by atoms with Gasteiger partial charge in [-0.2, -0.15) is 0 Å². The van der Waals surface area contributed by atoms with E-state index in [1.54, 1.807) is 0 Å². The summed E-state index contributed by atoms with van der Waals surface area (Å²) < 4.78 is 1.84. The molecule has 0 spiro atoms. The first-order valence-electron chi connectivity index (χ1n) is 7.15. The zero-order valence-corrected chi connectivity index (χ0v) is 11.8. The van der Waals surface area contributed by atoms with Gasteiger partial charge in [0, 0.05) is 26.3 Å². The van der Waals surface area contributed by atoms with Crippen molar-refractivity contribution in [3.8, 4) is 0 Å². The summed E-state index contributed by atoms with van der Waals surface area (Å²) in [6, 6.07) is 5.77. The Labute approximate surface area is 118 Å². The Morgan fingerprint density at radius 3 is 2.90 bits per heavy atom. The van der Waals surface area contributed by atoms with Crippen LogP contribution in [0.25, 0.3) is 5.65 Å². The van der Waals surface area contributed by atoms with Crippen molar-refractivity contribution in [3.05, 3.63) is 30.1 Å². The molecule has 2 aromatic heterocycles. The van der Waals surface area contributed by atoms with Crippen molar-refractivity contribution in [1.29, 1.82) is 0 Å². The number of hydrogen-bond acceptors (Lipinski definition) is 4. The SMILES string of the molecule is CN(CCN1CCCC1)c1nc2ccccn2c1C=O. The number of likely N-dealkylation sites (tertiary alicyclic amines) is 1. The Morgan fingerprint density at radius 2 is 2.15 bits per heavy atom. The van der Waals surface area contributed by atoms with Crippen LogP contribution in [0.15, 0.2) is 24.4 Å². The zero-order valence-electron chi connectivity index (χ0n) is 11.8. The van der Waals surface area contributed by atoms with E-state index in [0.29, 0.717) is 5.69 Å². The lowest BCUT2D eigenvalue weighted by Crippen LogP contribution is -2.32. The number of carbonyl (C=O) groups is 1.